The third-order valence-electron chi connectivity index (χ3n) is 1.59. The fourth-order valence-electron chi connectivity index (χ4n) is 0.921. The monoisotopic (exact) mass is 194 g/mol. The van der Waals surface area contributed by atoms with Gasteiger partial charge in [0.15, 0.2) is 0 Å². The van der Waals surface area contributed by atoms with Crippen LogP contribution in [0.4, 0.5) is 4.79 Å². The number of aromatic hydroxyl groups is 1. The summed E-state index contributed by atoms with van der Waals surface area (Å²) in [5.41, 5.74) is 3.28. The molecule has 0 spiro atoms. The van der Waals surface area contributed by atoms with Gasteiger partial charge >= 0.3 is 6.09 Å². The molecule has 5 nitrogen and oxygen atoms in total. The summed E-state index contributed by atoms with van der Waals surface area (Å²) >= 11 is 0. The van der Waals surface area contributed by atoms with Crippen molar-refractivity contribution >= 4 is 12.3 Å². The molecule has 0 aliphatic rings. The number of benzene rings is 1. The molecule has 0 saturated carbocycles. The van der Waals surface area contributed by atoms with Gasteiger partial charge < -0.3 is 10.2 Å². The van der Waals surface area contributed by atoms with Crippen molar-refractivity contribution in [3.05, 3.63) is 29.3 Å². The van der Waals surface area contributed by atoms with E-state index in [1.54, 1.807) is 19.1 Å². The fourth-order valence-corrected chi connectivity index (χ4v) is 0.921. The molecule has 14 heavy (non-hydrogen) atoms. The quantitative estimate of drug-likeness (QED) is 0.490. The lowest BCUT2D eigenvalue weighted by Gasteiger charge is -1.98. The van der Waals surface area contributed by atoms with Crippen LogP contribution in [0.15, 0.2) is 23.3 Å². The summed E-state index contributed by atoms with van der Waals surface area (Å²) in [6.07, 6.45) is 0.150. The summed E-state index contributed by atoms with van der Waals surface area (Å²) in [6, 6.07) is 4.86. The van der Waals surface area contributed by atoms with E-state index >= 15 is 0 Å². The van der Waals surface area contributed by atoms with E-state index in [-0.39, 0.29) is 5.75 Å². The maximum Gasteiger partial charge on any atom is 0.425 e. The van der Waals surface area contributed by atoms with Gasteiger partial charge in [0, 0.05) is 0 Å². The number of phenols is 1. The van der Waals surface area contributed by atoms with E-state index in [0.29, 0.717) is 11.1 Å². The smallest absolute Gasteiger partial charge is 0.425 e. The standard InChI is InChI=1S/C9H10N2O3/c1-6-4-7(2-3-8(6)12)5-10-11-9(13)14/h2-5,11-12H,1H3,(H,13,14)/b10-5+. The number of hydrazone groups is 1. The molecule has 0 bridgehead atoms. The highest BCUT2D eigenvalue weighted by atomic mass is 16.4. The predicted molar refractivity (Wildman–Crippen MR) is 51.6 cm³/mol. The average molecular weight is 194 g/mol. The number of nitrogens with one attached hydrogen (secondary N) is 1. The number of aryl methyl sites for hydroxylation is 1. The van der Waals surface area contributed by atoms with Crippen LogP contribution in [0.3, 0.4) is 0 Å². The minimum absolute atomic E-state index is 0.202. The van der Waals surface area contributed by atoms with Crippen LogP contribution in [0.2, 0.25) is 0 Å². The van der Waals surface area contributed by atoms with Crippen molar-refractivity contribution in [2.24, 2.45) is 5.10 Å². The Morgan fingerprint density at radius 2 is 2.29 bits per heavy atom. The Labute approximate surface area is 80.7 Å². The lowest BCUT2D eigenvalue weighted by Crippen LogP contribution is -2.13. The third-order valence-corrected chi connectivity index (χ3v) is 1.59. The predicted octanol–water partition coefficient (Wildman–Crippen LogP) is 1.30. The van der Waals surface area contributed by atoms with Gasteiger partial charge in [0.25, 0.3) is 0 Å². The SMILES string of the molecule is Cc1cc(/C=N/NC(=O)O)ccc1O. The van der Waals surface area contributed by atoms with Gasteiger partial charge in [-0.3, -0.25) is 0 Å². The molecule has 0 unspecified atom stereocenters. The largest absolute Gasteiger partial charge is 0.508 e. The van der Waals surface area contributed by atoms with E-state index in [2.05, 4.69) is 5.10 Å². The Morgan fingerprint density at radius 3 is 2.86 bits per heavy atom. The van der Waals surface area contributed by atoms with Crippen LogP contribution >= 0.6 is 0 Å². The van der Waals surface area contributed by atoms with Crippen LogP contribution in [-0.2, 0) is 0 Å². The average Bonchev–Trinajstić information content (AvgIpc) is 2.10. The zero-order chi connectivity index (χ0) is 10.6. The first-order valence-corrected chi connectivity index (χ1v) is 3.91. The summed E-state index contributed by atoms with van der Waals surface area (Å²) in [4.78, 5) is 10.0. The topological polar surface area (TPSA) is 81.9 Å². The van der Waals surface area contributed by atoms with E-state index in [9.17, 15) is 9.90 Å². The van der Waals surface area contributed by atoms with Crippen LogP contribution in [0.25, 0.3) is 0 Å². The molecule has 3 N–H and O–H groups in total. The van der Waals surface area contributed by atoms with Crippen molar-refractivity contribution in [1.29, 1.82) is 0 Å². The van der Waals surface area contributed by atoms with E-state index in [0.717, 1.165) is 0 Å². The van der Waals surface area contributed by atoms with Crippen LogP contribution < -0.4 is 5.43 Å². The molecular weight excluding hydrogens is 184 g/mol. The number of phenolic OH excluding ortho intramolecular Hbond substituents is 1. The van der Waals surface area contributed by atoms with Gasteiger partial charge in [0.2, 0.25) is 0 Å². The summed E-state index contributed by atoms with van der Waals surface area (Å²) in [5.74, 6) is 0.202. The number of hydrogen-bond acceptors (Lipinski definition) is 3. The van der Waals surface area contributed by atoms with Gasteiger partial charge in [0.1, 0.15) is 5.75 Å². The van der Waals surface area contributed by atoms with Crippen molar-refractivity contribution in [1.82, 2.24) is 5.43 Å². The number of carbonyl (C=O) groups is 1. The Balaban J connectivity index is 2.73. The molecule has 1 rings (SSSR count). The Morgan fingerprint density at radius 1 is 1.57 bits per heavy atom. The first-order valence-electron chi connectivity index (χ1n) is 3.91. The molecule has 1 amide bonds. The summed E-state index contributed by atoms with van der Waals surface area (Å²) in [6.45, 7) is 1.75. The molecule has 0 aromatic heterocycles. The Kier molecular flexibility index (Phi) is 3.06. The second-order valence-electron chi connectivity index (χ2n) is 2.72. The van der Waals surface area contributed by atoms with Gasteiger partial charge in [-0.15, -0.1) is 0 Å². The van der Waals surface area contributed by atoms with Crippen LogP contribution in [0.5, 0.6) is 5.75 Å². The number of hydrogen-bond donors (Lipinski definition) is 3. The summed E-state index contributed by atoms with van der Waals surface area (Å²) in [7, 11) is 0. The van der Waals surface area contributed by atoms with Crippen molar-refractivity contribution in [2.45, 2.75) is 6.92 Å². The summed E-state index contributed by atoms with van der Waals surface area (Å²) in [5, 5.41) is 20.9. The molecule has 0 atom stereocenters. The second-order valence-corrected chi connectivity index (χ2v) is 2.72. The van der Waals surface area contributed by atoms with Crippen LogP contribution in [-0.4, -0.2) is 22.5 Å². The zero-order valence-corrected chi connectivity index (χ0v) is 7.56. The van der Waals surface area contributed by atoms with Gasteiger partial charge in [-0.2, -0.15) is 5.10 Å². The van der Waals surface area contributed by atoms with E-state index in [1.165, 1.54) is 12.3 Å². The van der Waals surface area contributed by atoms with Gasteiger partial charge in [-0.1, -0.05) is 0 Å². The first kappa shape index (κ1) is 10.0. The van der Waals surface area contributed by atoms with Crippen LogP contribution in [0, 0.1) is 6.92 Å². The molecule has 0 saturated heterocycles. The van der Waals surface area contributed by atoms with Gasteiger partial charge in [-0.05, 0) is 36.2 Å². The minimum atomic E-state index is -1.21. The maximum absolute atomic E-state index is 10.0. The molecule has 0 fully saturated rings. The fraction of sp³-hybridized carbons (Fsp3) is 0.111. The highest BCUT2D eigenvalue weighted by molar-refractivity contribution is 5.81. The Bertz CT molecular complexity index is 374. The van der Waals surface area contributed by atoms with Gasteiger partial charge in [-0.25, -0.2) is 10.2 Å². The number of carboxylic acid groups (broad SMARTS) is 1. The molecule has 0 radical (unpaired) electrons. The van der Waals surface area contributed by atoms with Crippen molar-refractivity contribution in [3.63, 3.8) is 0 Å². The molecule has 5 heteroatoms. The maximum atomic E-state index is 10.0. The molecule has 74 valence electrons. The number of nitrogens with zero attached hydrogens (tertiary/aromatic N) is 1. The molecule has 1 aromatic carbocycles. The molecule has 0 heterocycles. The first-order chi connectivity index (χ1) is 6.59. The highest BCUT2D eigenvalue weighted by Crippen LogP contribution is 2.15. The van der Waals surface area contributed by atoms with Crippen molar-refractivity contribution in [2.75, 3.05) is 0 Å². The van der Waals surface area contributed by atoms with Crippen molar-refractivity contribution in [3.8, 4) is 5.75 Å². The van der Waals surface area contributed by atoms with E-state index < -0.39 is 6.09 Å². The lowest BCUT2D eigenvalue weighted by atomic mass is 10.1. The molecular formula is C9H10N2O3. The number of amides is 1. The molecule has 1 aromatic rings. The second kappa shape index (κ2) is 4.27. The third kappa shape index (κ3) is 2.78. The Hall–Kier alpha value is -2.04. The highest BCUT2D eigenvalue weighted by Gasteiger charge is 1.95. The van der Waals surface area contributed by atoms with Gasteiger partial charge in [0.05, 0.1) is 6.21 Å². The normalized spacial score (nSPS) is 10.4. The van der Waals surface area contributed by atoms with Crippen molar-refractivity contribution < 1.29 is 15.0 Å². The molecule has 0 aliphatic heterocycles. The minimum Gasteiger partial charge on any atom is -0.508 e. The van der Waals surface area contributed by atoms with E-state index in [4.69, 9.17) is 5.11 Å². The summed E-state index contributed by atoms with van der Waals surface area (Å²) < 4.78 is 0. The lowest BCUT2D eigenvalue weighted by molar-refractivity contribution is 0.195. The van der Waals surface area contributed by atoms with Crippen LogP contribution in [0.1, 0.15) is 11.1 Å². The van der Waals surface area contributed by atoms with E-state index in [1.807, 2.05) is 5.43 Å². The zero-order valence-electron chi connectivity index (χ0n) is 7.56. The number of rotatable bonds is 2. The molecule has 0 aliphatic carbocycles.